The summed E-state index contributed by atoms with van der Waals surface area (Å²) in [5.41, 5.74) is 3.20. The van der Waals surface area contributed by atoms with Crippen LogP contribution in [0.4, 0.5) is 5.69 Å². The van der Waals surface area contributed by atoms with Crippen molar-refractivity contribution in [2.75, 3.05) is 5.32 Å². The van der Waals surface area contributed by atoms with E-state index in [1.807, 2.05) is 0 Å². The van der Waals surface area contributed by atoms with Crippen molar-refractivity contribution in [1.82, 2.24) is 0 Å². The minimum Gasteiger partial charge on any atom is -0.382 e. The first-order valence-electron chi connectivity index (χ1n) is 6.90. The van der Waals surface area contributed by atoms with E-state index in [0.29, 0.717) is 11.5 Å². The van der Waals surface area contributed by atoms with E-state index in [-0.39, 0.29) is 0 Å². The Morgan fingerprint density at radius 2 is 2.06 bits per heavy atom. The third-order valence-electron chi connectivity index (χ3n) is 4.23. The van der Waals surface area contributed by atoms with Crippen LogP contribution in [0.25, 0.3) is 0 Å². The van der Waals surface area contributed by atoms with Crippen molar-refractivity contribution in [3.63, 3.8) is 0 Å². The molecule has 2 heteroatoms. The smallest absolute Gasteiger partial charge is 0.0382 e. The van der Waals surface area contributed by atoms with Gasteiger partial charge in [-0.05, 0) is 77.8 Å². The summed E-state index contributed by atoms with van der Waals surface area (Å²) in [7, 11) is 0. The predicted octanol–water partition coefficient (Wildman–Crippen LogP) is 5.23. The van der Waals surface area contributed by atoms with Crippen molar-refractivity contribution in [2.24, 2.45) is 11.3 Å². The lowest BCUT2D eigenvalue weighted by atomic mass is 9.70. The SMILES string of the molecule is Cc1ccc(I)cc1NC1CCC(C)(C)CC1C. The summed E-state index contributed by atoms with van der Waals surface area (Å²) in [6.07, 6.45) is 3.95. The van der Waals surface area contributed by atoms with Crippen molar-refractivity contribution in [2.45, 2.75) is 53.0 Å². The summed E-state index contributed by atoms with van der Waals surface area (Å²) >= 11 is 2.39. The first-order valence-corrected chi connectivity index (χ1v) is 7.98. The molecule has 100 valence electrons. The van der Waals surface area contributed by atoms with Crippen molar-refractivity contribution < 1.29 is 0 Å². The fourth-order valence-electron chi connectivity index (χ4n) is 3.11. The van der Waals surface area contributed by atoms with Gasteiger partial charge in [-0.3, -0.25) is 0 Å². The quantitative estimate of drug-likeness (QED) is 0.715. The summed E-state index contributed by atoms with van der Waals surface area (Å²) in [6.45, 7) is 9.38. The second-order valence-corrected chi connectivity index (χ2v) is 7.84. The molecule has 0 bridgehead atoms. The molecule has 0 aliphatic heterocycles. The lowest BCUT2D eigenvalue weighted by Gasteiger charge is -2.40. The van der Waals surface area contributed by atoms with Crippen LogP contribution in [0.3, 0.4) is 0 Å². The summed E-state index contributed by atoms with van der Waals surface area (Å²) in [5, 5.41) is 3.77. The molecule has 0 aromatic heterocycles. The van der Waals surface area contributed by atoms with Crippen LogP contribution >= 0.6 is 22.6 Å². The molecule has 0 amide bonds. The third kappa shape index (κ3) is 3.40. The highest BCUT2D eigenvalue weighted by Crippen LogP contribution is 2.39. The van der Waals surface area contributed by atoms with Gasteiger partial charge < -0.3 is 5.32 Å². The normalized spacial score (nSPS) is 26.9. The zero-order valence-electron chi connectivity index (χ0n) is 11.9. The van der Waals surface area contributed by atoms with Gasteiger partial charge in [0.1, 0.15) is 0 Å². The number of benzene rings is 1. The molecule has 2 atom stereocenters. The van der Waals surface area contributed by atoms with E-state index < -0.39 is 0 Å². The summed E-state index contributed by atoms with van der Waals surface area (Å²) in [4.78, 5) is 0. The molecule has 1 N–H and O–H groups in total. The fourth-order valence-corrected chi connectivity index (χ4v) is 3.60. The largest absolute Gasteiger partial charge is 0.382 e. The van der Waals surface area contributed by atoms with Crippen LogP contribution in [0.5, 0.6) is 0 Å². The van der Waals surface area contributed by atoms with E-state index in [9.17, 15) is 0 Å². The van der Waals surface area contributed by atoms with Crippen LogP contribution in [0.15, 0.2) is 18.2 Å². The van der Waals surface area contributed by atoms with Crippen molar-refractivity contribution >= 4 is 28.3 Å². The van der Waals surface area contributed by atoms with E-state index in [4.69, 9.17) is 0 Å². The molecule has 1 nitrogen and oxygen atoms in total. The molecule has 2 rings (SSSR count). The second-order valence-electron chi connectivity index (χ2n) is 6.59. The molecular weight excluding hydrogens is 333 g/mol. The zero-order chi connectivity index (χ0) is 13.3. The molecular formula is C16H24IN. The average Bonchev–Trinajstić information content (AvgIpc) is 2.26. The van der Waals surface area contributed by atoms with Gasteiger partial charge in [-0.25, -0.2) is 0 Å². The molecule has 2 unspecified atom stereocenters. The van der Waals surface area contributed by atoms with Gasteiger partial charge in [0.2, 0.25) is 0 Å². The number of nitrogens with one attached hydrogen (secondary N) is 1. The van der Waals surface area contributed by atoms with Gasteiger partial charge in [0.15, 0.2) is 0 Å². The Hall–Kier alpha value is -0.250. The topological polar surface area (TPSA) is 12.0 Å². The molecule has 0 saturated heterocycles. The Kier molecular flexibility index (Phi) is 4.25. The van der Waals surface area contributed by atoms with Crippen LogP contribution in [-0.2, 0) is 0 Å². The number of halogens is 1. The Balaban J connectivity index is 2.08. The Labute approximate surface area is 125 Å². The minimum absolute atomic E-state index is 0.526. The molecule has 1 aliphatic rings. The van der Waals surface area contributed by atoms with Crippen LogP contribution in [-0.4, -0.2) is 6.04 Å². The van der Waals surface area contributed by atoms with Crippen LogP contribution < -0.4 is 5.32 Å². The van der Waals surface area contributed by atoms with Gasteiger partial charge in [-0.15, -0.1) is 0 Å². The van der Waals surface area contributed by atoms with Crippen LogP contribution in [0.2, 0.25) is 0 Å². The van der Waals surface area contributed by atoms with Gasteiger partial charge in [0.05, 0.1) is 0 Å². The maximum Gasteiger partial charge on any atom is 0.0382 e. The molecule has 1 fully saturated rings. The molecule has 0 spiro atoms. The number of rotatable bonds is 2. The molecule has 1 saturated carbocycles. The Morgan fingerprint density at radius 3 is 2.72 bits per heavy atom. The second kappa shape index (κ2) is 5.40. The van der Waals surface area contributed by atoms with E-state index in [0.717, 1.165) is 5.92 Å². The Bertz CT molecular complexity index is 425. The van der Waals surface area contributed by atoms with E-state index in [1.54, 1.807) is 0 Å². The highest BCUT2D eigenvalue weighted by Gasteiger charge is 2.32. The van der Waals surface area contributed by atoms with Gasteiger partial charge in [-0.1, -0.05) is 26.8 Å². The number of aryl methyl sites for hydroxylation is 1. The highest BCUT2D eigenvalue weighted by molar-refractivity contribution is 14.1. The monoisotopic (exact) mass is 357 g/mol. The first kappa shape index (κ1) is 14.2. The van der Waals surface area contributed by atoms with E-state index in [1.165, 1.54) is 34.1 Å². The lowest BCUT2D eigenvalue weighted by Crippen LogP contribution is -2.37. The van der Waals surface area contributed by atoms with Crippen molar-refractivity contribution in [3.05, 3.63) is 27.3 Å². The molecule has 0 radical (unpaired) electrons. The predicted molar refractivity (Wildman–Crippen MR) is 88.1 cm³/mol. The fraction of sp³-hybridized carbons (Fsp3) is 0.625. The molecule has 1 aromatic rings. The number of hydrogen-bond donors (Lipinski definition) is 1. The number of hydrogen-bond acceptors (Lipinski definition) is 1. The van der Waals surface area contributed by atoms with Gasteiger partial charge in [-0.2, -0.15) is 0 Å². The maximum absolute atomic E-state index is 3.77. The summed E-state index contributed by atoms with van der Waals surface area (Å²) in [6, 6.07) is 7.29. The van der Waals surface area contributed by atoms with Gasteiger partial charge in [0, 0.05) is 15.3 Å². The average molecular weight is 357 g/mol. The molecule has 18 heavy (non-hydrogen) atoms. The van der Waals surface area contributed by atoms with Gasteiger partial charge in [0.25, 0.3) is 0 Å². The van der Waals surface area contributed by atoms with Crippen LogP contribution in [0, 0.1) is 21.8 Å². The molecule has 1 aromatic carbocycles. The standard InChI is InChI=1S/C16H24IN/c1-11-5-6-13(17)9-15(11)18-14-7-8-16(3,4)10-12(14)2/h5-6,9,12,14,18H,7-8,10H2,1-4H3. The summed E-state index contributed by atoms with van der Waals surface area (Å²) in [5.74, 6) is 0.756. The lowest BCUT2D eigenvalue weighted by molar-refractivity contribution is 0.177. The highest BCUT2D eigenvalue weighted by atomic mass is 127. The third-order valence-corrected chi connectivity index (χ3v) is 4.91. The number of anilines is 1. The van der Waals surface area contributed by atoms with Crippen molar-refractivity contribution in [3.8, 4) is 0 Å². The van der Waals surface area contributed by atoms with E-state index >= 15 is 0 Å². The van der Waals surface area contributed by atoms with Crippen LogP contribution in [0.1, 0.15) is 45.6 Å². The summed E-state index contributed by atoms with van der Waals surface area (Å²) < 4.78 is 1.31. The first-order chi connectivity index (χ1) is 8.37. The molecule has 1 aliphatic carbocycles. The molecule has 0 heterocycles. The Morgan fingerprint density at radius 1 is 1.33 bits per heavy atom. The maximum atomic E-state index is 3.77. The minimum atomic E-state index is 0.526. The zero-order valence-corrected chi connectivity index (χ0v) is 14.0. The van der Waals surface area contributed by atoms with Crippen molar-refractivity contribution in [1.29, 1.82) is 0 Å². The van der Waals surface area contributed by atoms with Gasteiger partial charge >= 0.3 is 0 Å². The van der Waals surface area contributed by atoms with E-state index in [2.05, 4.69) is 73.8 Å².